The number of aliphatic hydroxyl groups excluding tert-OH is 3. The SMILES string of the molecule is CC[C@H]1O[C@@](CO)(OC)[C@H](O)C1O. The summed E-state index contributed by atoms with van der Waals surface area (Å²) in [6.45, 7) is 1.35. The zero-order chi connectivity index (χ0) is 10.1. The van der Waals surface area contributed by atoms with Crippen LogP contribution in [-0.2, 0) is 9.47 Å². The molecule has 0 bridgehead atoms. The summed E-state index contributed by atoms with van der Waals surface area (Å²) in [6, 6.07) is 0. The minimum atomic E-state index is -1.46. The van der Waals surface area contributed by atoms with Gasteiger partial charge in [0.1, 0.15) is 18.8 Å². The minimum absolute atomic E-state index is 0.474. The summed E-state index contributed by atoms with van der Waals surface area (Å²) in [5.74, 6) is -1.46. The molecule has 0 radical (unpaired) electrons. The number of ether oxygens (including phenoxy) is 2. The third-order valence-electron chi connectivity index (χ3n) is 2.47. The van der Waals surface area contributed by atoms with E-state index < -0.39 is 30.7 Å². The lowest BCUT2D eigenvalue weighted by Gasteiger charge is -2.27. The fourth-order valence-electron chi connectivity index (χ4n) is 1.55. The number of hydrogen-bond acceptors (Lipinski definition) is 5. The van der Waals surface area contributed by atoms with Gasteiger partial charge >= 0.3 is 0 Å². The molecular formula is C8H16O5. The Morgan fingerprint density at radius 3 is 2.31 bits per heavy atom. The molecule has 78 valence electrons. The van der Waals surface area contributed by atoms with E-state index in [4.69, 9.17) is 14.6 Å². The molecule has 1 aliphatic heterocycles. The molecule has 1 unspecified atom stereocenters. The van der Waals surface area contributed by atoms with Crippen molar-refractivity contribution in [2.24, 2.45) is 0 Å². The second-order valence-corrected chi connectivity index (χ2v) is 3.17. The molecule has 5 heteroatoms. The average molecular weight is 192 g/mol. The Hall–Kier alpha value is -0.200. The molecule has 5 nitrogen and oxygen atoms in total. The van der Waals surface area contributed by atoms with E-state index in [1.165, 1.54) is 7.11 Å². The lowest BCUT2D eigenvalue weighted by Crippen LogP contribution is -2.47. The summed E-state index contributed by atoms with van der Waals surface area (Å²) < 4.78 is 10.1. The standard InChI is InChI=1S/C8H16O5/c1-3-5-6(10)7(11)8(4-9,12-2)13-5/h5-7,9-11H,3-4H2,1-2H3/t5-,6?,7-,8-/m1/s1. The van der Waals surface area contributed by atoms with E-state index in [0.717, 1.165) is 0 Å². The first-order chi connectivity index (χ1) is 6.11. The number of aliphatic hydroxyl groups is 3. The third kappa shape index (κ3) is 1.58. The Kier molecular flexibility index (Phi) is 3.26. The van der Waals surface area contributed by atoms with Crippen molar-refractivity contribution < 1.29 is 24.8 Å². The predicted molar refractivity (Wildman–Crippen MR) is 44.0 cm³/mol. The molecule has 0 amide bonds. The van der Waals surface area contributed by atoms with Crippen LogP contribution in [0.5, 0.6) is 0 Å². The highest BCUT2D eigenvalue weighted by molar-refractivity contribution is 4.95. The maximum atomic E-state index is 9.55. The summed E-state index contributed by atoms with van der Waals surface area (Å²) in [5, 5.41) is 28.0. The minimum Gasteiger partial charge on any atom is -0.391 e. The topological polar surface area (TPSA) is 79.2 Å². The maximum Gasteiger partial charge on any atom is 0.221 e. The lowest BCUT2D eigenvalue weighted by atomic mass is 10.0. The van der Waals surface area contributed by atoms with Crippen molar-refractivity contribution in [2.45, 2.75) is 37.4 Å². The molecule has 1 aliphatic rings. The van der Waals surface area contributed by atoms with Crippen molar-refractivity contribution in [1.82, 2.24) is 0 Å². The Morgan fingerprint density at radius 1 is 1.46 bits per heavy atom. The van der Waals surface area contributed by atoms with Gasteiger partial charge in [0.15, 0.2) is 0 Å². The van der Waals surface area contributed by atoms with Crippen LogP contribution in [0, 0.1) is 0 Å². The van der Waals surface area contributed by atoms with E-state index in [1.807, 2.05) is 6.92 Å². The Balaban J connectivity index is 2.79. The second kappa shape index (κ2) is 3.89. The second-order valence-electron chi connectivity index (χ2n) is 3.17. The van der Waals surface area contributed by atoms with Crippen molar-refractivity contribution in [3.63, 3.8) is 0 Å². The molecule has 0 aromatic heterocycles. The van der Waals surface area contributed by atoms with Crippen molar-refractivity contribution in [3.8, 4) is 0 Å². The normalized spacial score (nSPS) is 45.5. The van der Waals surface area contributed by atoms with Gasteiger partial charge in [0.05, 0.1) is 6.10 Å². The van der Waals surface area contributed by atoms with Crippen LogP contribution >= 0.6 is 0 Å². The van der Waals surface area contributed by atoms with Crippen LogP contribution in [-0.4, -0.2) is 53.1 Å². The number of methoxy groups -OCH3 is 1. The Bertz CT molecular complexity index is 168. The summed E-state index contributed by atoms with van der Waals surface area (Å²) in [7, 11) is 1.32. The Labute approximate surface area is 76.9 Å². The quantitative estimate of drug-likeness (QED) is 0.526. The van der Waals surface area contributed by atoms with Gasteiger partial charge in [0.2, 0.25) is 5.79 Å². The first kappa shape index (κ1) is 10.9. The van der Waals surface area contributed by atoms with Crippen LogP contribution in [0.2, 0.25) is 0 Å². The van der Waals surface area contributed by atoms with Crippen LogP contribution in [0.1, 0.15) is 13.3 Å². The van der Waals surface area contributed by atoms with Crippen LogP contribution < -0.4 is 0 Å². The van der Waals surface area contributed by atoms with Gasteiger partial charge in [-0.1, -0.05) is 6.92 Å². The van der Waals surface area contributed by atoms with E-state index in [9.17, 15) is 10.2 Å². The van der Waals surface area contributed by atoms with Crippen LogP contribution in [0.3, 0.4) is 0 Å². The fraction of sp³-hybridized carbons (Fsp3) is 1.00. The zero-order valence-corrected chi connectivity index (χ0v) is 7.80. The molecule has 1 heterocycles. The fourth-order valence-corrected chi connectivity index (χ4v) is 1.55. The van der Waals surface area contributed by atoms with Gasteiger partial charge in [0.25, 0.3) is 0 Å². The van der Waals surface area contributed by atoms with Gasteiger partial charge in [-0.25, -0.2) is 0 Å². The third-order valence-corrected chi connectivity index (χ3v) is 2.47. The zero-order valence-electron chi connectivity index (χ0n) is 7.80. The highest BCUT2D eigenvalue weighted by Crippen LogP contribution is 2.32. The molecule has 1 rings (SSSR count). The predicted octanol–water partition coefficient (Wildman–Crippen LogP) is -1.15. The van der Waals surface area contributed by atoms with Crippen LogP contribution in [0.15, 0.2) is 0 Å². The largest absolute Gasteiger partial charge is 0.391 e. The van der Waals surface area contributed by atoms with E-state index in [2.05, 4.69) is 0 Å². The Morgan fingerprint density at radius 2 is 2.08 bits per heavy atom. The summed E-state index contributed by atoms with van der Waals surface area (Å²) >= 11 is 0. The molecule has 1 saturated heterocycles. The molecule has 0 saturated carbocycles. The van der Waals surface area contributed by atoms with E-state index in [1.54, 1.807) is 0 Å². The number of hydrogen-bond donors (Lipinski definition) is 3. The summed E-state index contributed by atoms with van der Waals surface area (Å²) in [5.41, 5.74) is 0. The van der Waals surface area contributed by atoms with E-state index in [0.29, 0.717) is 6.42 Å². The molecule has 0 spiro atoms. The molecule has 4 atom stereocenters. The highest BCUT2D eigenvalue weighted by atomic mass is 16.7. The van der Waals surface area contributed by atoms with E-state index in [-0.39, 0.29) is 0 Å². The average Bonchev–Trinajstić information content (AvgIpc) is 2.42. The smallest absolute Gasteiger partial charge is 0.221 e. The van der Waals surface area contributed by atoms with Gasteiger partial charge in [-0.3, -0.25) is 0 Å². The van der Waals surface area contributed by atoms with Crippen molar-refractivity contribution in [2.75, 3.05) is 13.7 Å². The van der Waals surface area contributed by atoms with E-state index >= 15 is 0 Å². The molecular weight excluding hydrogens is 176 g/mol. The van der Waals surface area contributed by atoms with Crippen molar-refractivity contribution in [3.05, 3.63) is 0 Å². The molecule has 0 aromatic rings. The molecule has 0 aliphatic carbocycles. The maximum absolute atomic E-state index is 9.55. The van der Waals surface area contributed by atoms with Gasteiger partial charge < -0.3 is 24.8 Å². The first-order valence-corrected chi connectivity index (χ1v) is 4.31. The van der Waals surface area contributed by atoms with Gasteiger partial charge in [-0.05, 0) is 6.42 Å². The number of rotatable bonds is 3. The summed E-state index contributed by atoms with van der Waals surface area (Å²) in [6.07, 6.45) is -2.13. The highest BCUT2D eigenvalue weighted by Gasteiger charge is 2.53. The summed E-state index contributed by atoms with van der Waals surface area (Å²) in [4.78, 5) is 0. The van der Waals surface area contributed by atoms with Gasteiger partial charge in [0, 0.05) is 7.11 Å². The van der Waals surface area contributed by atoms with Crippen LogP contribution in [0.25, 0.3) is 0 Å². The molecule has 1 fully saturated rings. The molecule has 3 N–H and O–H groups in total. The molecule has 13 heavy (non-hydrogen) atoms. The van der Waals surface area contributed by atoms with Crippen molar-refractivity contribution >= 4 is 0 Å². The molecule has 0 aromatic carbocycles. The van der Waals surface area contributed by atoms with Crippen molar-refractivity contribution in [1.29, 1.82) is 0 Å². The lowest BCUT2D eigenvalue weighted by molar-refractivity contribution is -0.261. The van der Waals surface area contributed by atoms with Gasteiger partial charge in [-0.2, -0.15) is 0 Å². The monoisotopic (exact) mass is 192 g/mol. The van der Waals surface area contributed by atoms with Gasteiger partial charge in [-0.15, -0.1) is 0 Å². The van der Waals surface area contributed by atoms with Crippen LogP contribution in [0.4, 0.5) is 0 Å². The first-order valence-electron chi connectivity index (χ1n) is 4.31.